The summed E-state index contributed by atoms with van der Waals surface area (Å²) >= 11 is 15.5. The van der Waals surface area contributed by atoms with E-state index in [-0.39, 0.29) is 18.2 Å². The molecule has 5 nitrogen and oxygen atoms in total. The molecule has 8 heteroatoms. The molecule has 0 unspecified atom stereocenters. The number of hydrogen-bond donors (Lipinski definition) is 1. The highest BCUT2D eigenvalue weighted by Crippen LogP contribution is 2.38. The average Bonchev–Trinajstić information content (AvgIpc) is 2.84. The quantitative estimate of drug-likeness (QED) is 0.235. The maximum absolute atomic E-state index is 12.7. The van der Waals surface area contributed by atoms with E-state index in [1.807, 2.05) is 49.4 Å². The second-order valence-corrected chi connectivity index (χ2v) is 9.02. The smallest absolute Gasteiger partial charge is 0.262 e. The maximum atomic E-state index is 12.7. The SMILES string of the molecule is COc1cc(/C=C(/C#N)C(=O)N[C@@H](C)c2ccccc2)cc(Br)c1OCc1ccc(Cl)c(Cl)c1. The van der Waals surface area contributed by atoms with Crippen molar-refractivity contribution >= 4 is 51.1 Å². The van der Waals surface area contributed by atoms with Crippen molar-refractivity contribution in [2.45, 2.75) is 19.6 Å². The molecule has 3 rings (SSSR count). The van der Waals surface area contributed by atoms with E-state index < -0.39 is 5.91 Å². The second kappa shape index (κ2) is 11.9. The van der Waals surface area contributed by atoms with Gasteiger partial charge in [-0.2, -0.15) is 5.26 Å². The Morgan fingerprint density at radius 1 is 1.15 bits per heavy atom. The van der Waals surface area contributed by atoms with Gasteiger partial charge in [0.05, 0.1) is 27.7 Å². The molecule has 0 spiro atoms. The zero-order valence-corrected chi connectivity index (χ0v) is 21.5. The van der Waals surface area contributed by atoms with Crippen LogP contribution in [0.2, 0.25) is 10.0 Å². The lowest BCUT2D eigenvalue weighted by Crippen LogP contribution is -2.27. The highest BCUT2D eigenvalue weighted by Gasteiger charge is 2.16. The molecule has 0 saturated carbocycles. The largest absolute Gasteiger partial charge is 0.493 e. The fourth-order valence-electron chi connectivity index (χ4n) is 3.16. The molecule has 0 aliphatic carbocycles. The van der Waals surface area contributed by atoms with Gasteiger partial charge in [-0.05, 0) is 69.9 Å². The summed E-state index contributed by atoms with van der Waals surface area (Å²) in [5.41, 5.74) is 2.36. The van der Waals surface area contributed by atoms with Crippen molar-refractivity contribution in [2.24, 2.45) is 0 Å². The van der Waals surface area contributed by atoms with Gasteiger partial charge in [0, 0.05) is 0 Å². The van der Waals surface area contributed by atoms with Gasteiger partial charge in [-0.1, -0.05) is 59.6 Å². The van der Waals surface area contributed by atoms with Crippen LogP contribution >= 0.6 is 39.1 Å². The summed E-state index contributed by atoms with van der Waals surface area (Å²) in [7, 11) is 1.51. The Bertz CT molecular complexity index is 1260. The van der Waals surface area contributed by atoms with Crippen LogP contribution in [0.5, 0.6) is 11.5 Å². The van der Waals surface area contributed by atoms with Crippen LogP contribution in [0.4, 0.5) is 0 Å². The van der Waals surface area contributed by atoms with Crippen LogP contribution < -0.4 is 14.8 Å². The summed E-state index contributed by atoms with van der Waals surface area (Å²) in [4.78, 5) is 12.7. The fraction of sp³-hybridized carbons (Fsp3) is 0.154. The van der Waals surface area contributed by atoms with E-state index in [1.54, 1.807) is 24.3 Å². The molecule has 174 valence electrons. The summed E-state index contributed by atoms with van der Waals surface area (Å²) in [5.74, 6) is 0.455. The van der Waals surface area contributed by atoms with Gasteiger partial charge in [-0.15, -0.1) is 0 Å². The van der Waals surface area contributed by atoms with Gasteiger partial charge in [0.15, 0.2) is 11.5 Å². The molecule has 0 aliphatic heterocycles. The Hall–Kier alpha value is -2.98. The van der Waals surface area contributed by atoms with E-state index >= 15 is 0 Å². The zero-order valence-electron chi connectivity index (χ0n) is 18.4. The van der Waals surface area contributed by atoms with Crippen molar-refractivity contribution in [1.29, 1.82) is 5.26 Å². The van der Waals surface area contributed by atoms with Crippen LogP contribution in [0.15, 0.2) is 70.7 Å². The van der Waals surface area contributed by atoms with Crippen LogP contribution in [0.25, 0.3) is 6.08 Å². The first kappa shape index (κ1) is 25.6. The van der Waals surface area contributed by atoms with Gasteiger partial charge in [0.2, 0.25) is 0 Å². The van der Waals surface area contributed by atoms with E-state index in [9.17, 15) is 10.1 Å². The lowest BCUT2D eigenvalue weighted by Gasteiger charge is -2.15. The minimum atomic E-state index is -0.464. The average molecular weight is 560 g/mol. The molecule has 3 aromatic rings. The second-order valence-electron chi connectivity index (χ2n) is 7.35. The number of rotatable bonds is 8. The third-order valence-corrected chi connectivity index (χ3v) is 6.27. The van der Waals surface area contributed by atoms with Crippen molar-refractivity contribution in [3.05, 3.63) is 97.4 Å². The Balaban J connectivity index is 1.79. The highest BCUT2D eigenvalue weighted by atomic mass is 79.9. The number of hydrogen-bond acceptors (Lipinski definition) is 4. The molecular formula is C26H21BrCl2N2O3. The van der Waals surface area contributed by atoms with Crippen LogP contribution in [-0.2, 0) is 11.4 Å². The first-order chi connectivity index (χ1) is 16.3. The Morgan fingerprint density at radius 2 is 1.88 bits per heavy atom. The number of carbonyl (C=O) groups is 1. The lowest BCUT2D eigenvalue weighted by atomic mass is 10.1. The monoisotopic (exact) mass is 558 g/mol. The normalized spacial score (nSPS) is 11.9. The lowest BCUT2D eigenvalue weighted by molar-refractivity contribution is -0.117. The van der Waals surface area contributed by atoms with Crippen molar-refractivity contribution < 1.29 is 14.3 Å². The predicted molar refractivity (Wildman–Crippen MR) is 138 cm³/mol. The van der Waals surface area contributed by atoms with Gasteiger partial charge < -0.3 is 14.8 Å². The minimum Gasteiger partial charge on any atom is -0.493 e. The number of nitrogens with zero attached hydrogens (tertiary/aromatic N) is 1. The number of nitrogens with one attached hydrogen (secondary N) is 1. The number of methoxy groups -OCH3 is 1. The number of carbonyl (C=O) groups excluding carboxylic acids is 1. The molecule has 1 N–H and O–H groups in total. The molecule has 0 aliphatic rings. The van der Waals surface area contributed by atoms with E-state index in [4.69, 9.17) is 32.7 Å². The van der Waals surface area contributed by atoms with Gasteiger partial charge in [-0.3, -0.25) is 4.79 Å². The van der Waals surface area contributed by atoms with Crippen molar-refractivity contribution in [3.63, 3.8) is 0 Å². The fourth-order valence-corrected chi connectivity index (χ4v) is 4.06. The van der Waals surface area contributed by atoms with Gasteiger partial charge >= 0.3 is 0 Å². The predicted octanol–water partition coefficient (Wildman–Crippen LogP) is 7.13. The molecule has 0 bridgehead atoms. The summed E-state index contributed by atoms with van der Waals surface area (Å²) in [6.07, 6.45) is 1.50. The Morgan fingerprint density at radius 3 is 2.53 bits per heavy atom. The molecule has 1 atom stereocenters. The Kier molecular flexibility index (Phi) is 9.00. The van der Waals surface area contributed by atoms with Gasteiger partial charge in [0.25, 0.3) is 5.91 Å². The van der Waals surface area contributed by atoms with Gasteiger partial charge in [-0.25, -0.2) is 0 Å². The van der Waals surface area contributed by atoms with Crippen LogP contribution in [0.3, 0.4) is 0 Å². The maximum Gasteiger partial charge on any atom is 0.262 e. The summed E-state index contributed by atoms with van der Waals surface area (Å²) in [5, 5.41) is 13.3. The third-order valence-electron chi connectivity index (χ3n) is 4.94. The molecule has 0 fully saturated rings. The third kappa shape index (κ3) is 6.54. The molecule has 0 aromatic heterocycles. The minimum absolute atomic E-state index is 0.0267. The van der Waals surface area contributed by atoms with E-state index in [2.05, 4.69) is 21.2 Å². The van der Waals surface area contributed by atoms with Crippen molar-refractivity contribution in [3.8, 4) is 17.6 Å². The van der Waals surface area contributed by atoms with Crippen LogP contribution in [0.1, 0.15) is 29.7 Å². The number of benzene rings is 3. The molecule has 1 amide bonds. The van der Waals surface area contributed by atoms with Gasteiger partial charge in [0.1, 0.15) is 18.2 Å². The van der Waals surface area contributed by atoms with Crippen molar-refractivity contribution in [2.75, 3.05) is 7.11 Å². The highest BCUT2D eigenvalue weighted by molar-refractivity contribution is 9.10. The number of amides is 1. The van der Waals surface area contributed by atoms with E-state index in [0.717, 1.165) is 11.1 Å². The molecule has 34 heavy (non-hydrogen) atoms. The van der Waals surface area contributed by atoms with E-state index in [1.165, 1.54) is 13.2 Å². The first-order valence-corrected chi connectivity index (χ1v) is 11.8. The zero-order chi connectivity index (χ0) is 24.7. The summed E-state index contributed by atoms with van der Waals surface area (Å²) in [6.45, 7) is 2.10. The molecule has 3 aromatic carbocycles. The first-order valence-electron chi connectivity index (χ1n) is 10.2. The molecule has 0 radical (unpaired) electrons. The molecule has 0 saturated heterocycles. The number of halogens is 3. The van der Waals surface area contributed by atoms with E-state index in [0.29, 0.717) is 31.6 Å². The summed E-state index contributed by atoms with van der Waals surface area (Å²) in [6, 6.07) is 20.0. The standard InChI is InChI=1S/C26H21BrCl2N2O3/c1-16(19-6-4-3-5-7-19)31-26(32)20(14-30)10-18-11-21(27)25(24(13-18)33-2)34-15-17-8-9-22(28)23(29)12-17/h3-13,16H,15H2,1-2H3,(H,31,32)/b20-10-/t16-/m0/s1. The summed E-state index contributed by atoms with van der Waals surface area (Å²) < 4.78 is 12.0. The Labute approximate surface area is 217 Å². The topological polar surface area (TPSA) is 71.3 Å². The van der Waals surface area contributed by atoms with Crippen LogP contribution in [0, 0.1) is 11.3 Å². The van der Waals surface area contributed by atoms with Crippen molar-refractivity contribution in [1.82, 2.24) is 5.32 Å². The molecule has 0 heterocycles. The number of nitriles is 1. The van der Waals surface area contributed by atoms with Crippen LogP contribution in [-0.4, -0.2) is 13.0 Å². The number of ether oxygens (including phenoxy) is 2. The molecular weight excluding hydrogens is 539 g/mol.